The van der Waals surface area contributed by atoms with E-state index >= 15 is 0 Å². The normalized spacial score (nSPS) is 10.8. The maximum absolute atomic E-state index is 9.07. The lowest BCUT2D eigenvalue weighted by Crippen LogP contribution is -1.93. The fourth-order valence-electron chi connectivity index (χ4n) is 2.19. The molecule has 0 radical (unpaired) electrons. The van der Waals surface area contributed by atoms with Gasteiger partial charge in [0.1, 0.15) is 5.65 Å². The van der Waals surface area contributed by atoms with Crippen molar-refractivity contribution in [3.05, 3.63) is 57.3 Å². The number of aromatic nitrogens is 2. The van der Waals surface area contributed by atoms with Gasteiger partial charge in [0.2, 0.25) is 0 Å². The van der Waals surface area contributed by atoms with E-state index in [0.717, 1.165) is 16.9 Å². The Balaban J connectivity index is 2.28. The minimum absolute atomic E-state index is 0.219. The third-order valence-corrected chi connectivity index (χ3v) is 4.08. The molecule has 0 amide bonds. The molecule has 3 rings (SSSR count). The number of imidazole rings is 1. The average molecular weight is 337 g/mol. The lowest BCUT2D eigenvalue weighted by atomic mass is 10.1. The Labute approximate surface area is 136 Å². The number of rotatable bonds is 2. The molecule has 6 heteroatoms. The van der Waals surface area contributed by atoms with Crippen LogP contribution >= 0.6 is 34.8 Å². The van der Waals surface area contributed by atoms with Gasteiger partial charge in [-0.15, -0.1) is 0 Å². The zero-order chi connectivity index (χ0) is 15.0. The summed E-state index contributed by atoms with van der Waals surface area (Å²) in [6, 6.07) is 11.0. The van der Waals surface area contributed by atoms with Gasteiger partial charge in [-0.25, -0.2) is 4.98 Å². The number of hydrogen-bond acceptors (Lipinski definition) is 2. The SMILES string of the molecule is N#CCc1c(-c2ccc(Cl)c(Cl)c2)nc2ccc(Cl)cn12. The summed E-state index contributed by atoms with van der Waals surface area (Å²) < 4.78 is 1.82. The zero-order valence-corrected chi connectivity index (χ0v) is 12.9. The molecule has 1 aromatic carbocycles. The van der Waals surface area contributed by atoms with Gasteiger partial charge < -0.3 is 4.40 Å². The molecule has 0 saturated carbocycles. The Hall–Kier alpha value is -1.73. The summed E-state index contributed by atoms with van der Waals surface area (Å²) in [5.74, 6) is 0. The first kappa shape index (κ1) is 14.2. The highest BCUT2D eigenvalue weighted by atomic mass is 35.5. The summed E-state index contributed by atoms with van der Waals surface area (Å²) in [6.07, 6.45) is 1.97. The number of hydrogen-bond donors (Lipinski definition) is 0. The molecular formula is C15H8Cl3N3. The van der Waals surface area contributed by atoms with Crippen LogP contribution in [0.2, 0.25) is 15.1 Å². The Morgan fingerprint density at radius 3 is 2.62 bits per heavy atom. The molecule has 0 N–H and O–H groups in total. The molecule has 0 spiro atoms. The van der Waals surface area contributed by atoms with Crippen molar-refractivity contribution in [3.8, 4) is 17.3 Å². The van der Waals surface area contributed by atoms with Crippen molar-refractivity contribution in [1.82, 2.24) is 9.38 Å². The van der Waals surface area contributed by atoms with E-state index in [0.29, 0.717) is 20.8 Å². The molecule has 104 valence electrons. The summed E-state index contributed by atoms with van der Waals surface area (Å²) in [7, 11) is 0. The zero-order valence-electron chi connectivity index (χ0n) is 10.6. The van der Waals surface area contributed by atoms with E-state index < -0.39 is 0 Å². The summed E-state index contributed by atoms with van der Waals surface area (Å²) in [5.41, 5.74) is 3.02. The van der Waals surface area contributed by atoms with Crippen molar-refractivity contribution in [3.63, 3.8) is 0 Å². The minimum Gasteiger partial charge on any atom is -0.301 e. The smallest absolute Gasteiger partial charge is 0.137 e. The summed E-state index contributed by atoms with van der Waals surface area (Å²) in [5, 5.41) is 10.6. The first-order valence-electron chi connectivity index (χ1n) is 6.09. The van der Waals surface area contributed by atoms with Gasteiger partial charge in [0.25, 0.3) is 0 Å². The lowest BCUT2D eigenvalue weighted by Gasteiger charge is -2.03. The quantitative estimate of drug-likeness (QED) is 0.658. The maximum atomic E-state index is 9.07. The maximum Gasteiger partial charge on any atom is 0.137 e. The lowest BCUT2D eigenvalue weighted by molar-refractivity contribution is 1.06. The molecule has 0 aliphatic heterocycles. The number of nitriles is 1. The molecule has 0 bridgehead atoms. The number of halogens is 3. The second-order valence-electron chi connectivity index (χ2n) is 4.45. The standard InChI is InChI=1S/C15H8Cl3N3/c16-10-2-4-14-20-15(13(5-6-19)21(14)8-10)9-1-3-11(17)12(18)7-9/h1-4,7-8H,5H2. The number of benzene rings is 1. The second kappa shape index (κ2) is 5.57. The molecule has 0 aliphatic carbocycles. The molecule has 21 heavy (non-hydrogen) atoms. The number of fused-ring (bicyclic) bond motifs is 1. The van der Waals surface area contributed by atoms with Gasteiger partial charge in [-0.3, -0.25) is 0 Å². The molecule has 2 aromatic heterocycles. The van der Waals surface area contributed by atoms with Gasteiger partial charge in [0.05, 0.1) is 38.9 Å². The van der Waals surface area contributed by atoms with Crippen molar-refractivity contribution < 1.29 is 0 Å². The van der Waals surface area contributed by atoms with Crippen LogP contribution in [0.5, 0.6) is 0 Å². The highest BCUT2D eigenvalue weighted by Crippen LogP contribution is 2.31. The summed E-state index contributed by atoms with van der Waals surface area (Å²) >= 11 is 18.0. The van der Waals surface area contributed by atoms with Crippen molar-refractivity contribution in [1.29, 1.82) is 5.26 Å². The van der Waals surface area contributed by atoms with Crippen molar-refractivity contribution in [2.45, 2.75) is 6.42 Å². The highest BCUT2D eigenvalue weighted by Gasteiger charge is 2.15. The Kier molecular flexibility index (Phi) is 3.77. The van der Waals surface area contributed by atoms with Crippen molar-refractivity contribution in [2.24, 2.45) is 0 Å². The van der Waals surface area contributed by atoms with Crippen LogP contribution in [0.3, 0.4) is 0 Å². The van der Waals surface area contributed by atoms with Crippen LogP contribution < -0.4 is 0 Å². The van der Waals surface area contributed by atoms with E-state index in [4.69, 9.17) is 40.1 Å². The van der Waals surface area contributed by atoms with Gasteiger partial charge in [0, 0.05) is 11.8 Å². The minimum atomic E-state index is 0.219. The van der Waals surface area contributed by atoms with Crippen LogP contribution in [0, 0.1) is 11.3 Å². The molecule has 0 fully saturated rings. The van der Waals surface area contributed by atoms with Gasteiger partial charge in [-0.05, 0) is 24.3 Å². The largest absolute Gasteiger partial charge is 0.301 e. The number of nitrogens with zero attached hydrogens (tertiary/aromatic N) is 3. The van der Waals surface area contributed by atoms with E-state index in [-0.39, 0.29) is 6.42 Å². The molecule has 0 atom stereocenters. The van der Waals surface area contributed by atoms with Crippen LogP contribution in [-0.4, -0.2) is 9.38 Å². The third-order valence-electron chi connectivity index (χ3n) is 3.12. The average Bonchev–Trinajstić information content (AvgIpc) is 2.81. The predicted octanol–water partition coefficient (Wildman–Crippen LogP) is 5.03. The van der Waals surface area contributed by atoms with E-state index in [1.54, 1.807) is 24.4 Å². The Morgan fingerprint density at radius 2 is 1.90 bits per heavy atom. The Morgan fingerprint density at radius 1 is 1.10 bits per heavy atom. The molecule has 2 heterocycles. The molecule has 3 aromatic rings. The van der Waals surface area contributed by atoms with Gasteiger partial charge in [-0.1, -0.05) is 40.9 Å². The summed E-state index contributed by atoms with van der Waals surface area (Å²) in [6.45, 7) is 0. The molecule has 3 nitrogen and oxygen atoms in total. The van der Waals surface area contributed by atoms with E-state index in [1.165, 1.54) is 0 Å². The topological polar surface area (TPSA) is 41.1 Å². The van der Waals surface area contributed by atoms with Crippen LogP contribution in [-0.2, 0) is 6.42 Å². The van der Waals surface area contributed by atoms with Gasteiger partial charge in [0.15, 0.2) is 0 Å². The third kappa shape index (κ3) is 2.58. The van der Waals surface area contributed by atoms with Crippen LogP contribution in [0.25, 0.3) is 16.9 Å². The number of pyridine rings is 1. The molecule has 0 aliphatic rings. The van der Waals surface area contributed by atoms with Crippen LogP contribution in [0.15, 0.2) is 36.5 Å². The fraction of sp³-hybridized carbons (Fsp3) is 0.0667. The second-order valence-corrected chi connectivity index (χ2v) is 5.70. The van der Waals surface area contributed by atoms with Crippen LogP contribution in [0.4, 0.5) is 0 Å². The molecule has 0 saturated heterocycles. The fourth-order valence-corrected chi connectivity index (χ4v) is 2.64. The Bertz CT molecular complexity index is 878. The van der Waals surface area contributed by atoms with E-state index in [1.807, 2.05) is 16.5 Å². The monoisotopic (exact) mass is 335 g/mol. The first-order valence-corrected chi connectivity index (χ1v) is 7.22. The van der Waals surface area contributed by atoms with E-state index in [2.05, 4.69) is 11.1 Å². The van der Waals surface area contributed by atoms with Crippen LogP contribution in [0.1, 0.15) is 5.69 Å². The predicted molar refractivity (Wildman–Crippen MR) is 85.0 cm³/mol. The first-order chi connectivity index (χ1) is 10.1. The molecular weight excluding hydrogens is 329 g/mol. The summed E-state index contributed by atoms with van der Waals surface area (Å²) in [4.78, 5) is 4.56. The van der Waals surface area contributed by atoms with Gasteiger partial charge in [-0.2, -0.15) is 5.26 Å². The van der Waals surface area contributed by atoms with Gasteiger partial charge >= 0.3 is 0 Å². The van der Waals surface area contributed by atoms with E-state index in [9.17, 15) is 0 Å². The molecule has 0 unspecified atom stereocenters. The van der Waals surface area contributed by atoms with Crippen molar-refractivity contribution >= 4 is 40.4 Å². The highest BCUT2D eigenvalue weighted by molar-refractivity contribution is 6.42. The van der Waals surface area contributed by atoms with Crippen molar-refractivity contribution in [2.75, 3.05) is 0 Å².